The molecule has 0 spiro atoms. The van der Waals surface area contributed by atoms with Crippen molar-refractivity contribution in [2.45, 2.75) is 31.8 Å². The van der Waals surface area contributed by atoms with Gasteiger partial charge in [-0.15, -0.1) is 11.8 Å². The summed E-state index contributed by atoms with van der Waals surface area (Å²) in [5, 5.41) is 0. The van der Waals surface area contributed by atoms with Crippen LogP contribution in [0.4, 0.5) is 0 Å². The average Bonchev–Trinajstić information content (AvgIpc) is 3.30. The molecule has 2 amide bonds. The second kappa shape index (κ2) is 7.87. The molecule has 1 atom stereocenters. The lowest BCUT2D eigenvalue weighted by molar-refractivity contribution is -0.131. The molecule has 1 fully saturated rings. The second-order valence-electron chi connectivity index (χ2n) is 6.44. The summed E-state index contributed by atoms with van der Waals surface area (Å²) in [6.07, 6.45) is 2.89. The fourth-order valence-electron chi connectivity index (χ4n) is 3.33. The van der Waals surface area contributed by atoms with Gasteiger partial charge in [-0.2, -0.15) is 0 Å². The molecule has 0 radical (unpaired) electrons. The zero-order chi connectivity index (χ0) is 17.8. The minimum absolute atomic E-state index is 0.0841. The Morgan fingerprint density at radius 1 is 1.24 bits per heavy atom. The van der Waals surface area contributed by atoms with Crippen molar-refractivity contribution >= 4 is 29.9 Å². The van der Waals surface area contributed by atoms with E-state index < -0.39 is 0 Å². The summed E-state index contributed by atoms with van der Waals surface area (Å²) in [5.41, 5.74) is 2.27. The Balaban J connectivity index is 1.76. The van der Waals surface area contributed by atoms with Crippen molar-refractivity contribution in [3.63, 3.8) is 0 Å². The Morgan fingerprint density at radius 3 is 2.68 bits per heavy atom. The molecule has 0 aromatic heterocycles. The number of nitrogens with zero attached hydrogens (tertiary/aromatic N) is 2. The molecule has 1 aliphatic carbocycles. The van der Waals surface area contributed by atoms with Crippen LogP contribution in [0.1, 0.15) is 24.8 Å². The number of amides is 2. The molecule has 1 aromatic rings. The molecule has 132 valence electrons. The first-order chi connectivity index (χ1) is 12.1. The normalized spacial score (nSPS) is 20.0. The third kappa shape index (κ3) is 3.79. The van der Waals surface area contributed by atoms with Crippen LogP contribution in [0.15, 0.2) is 41.5 Å². The van der Waals surface area contributed by atoms with Gasteiger partial charge in [0.15, 0.2) is 0 Å². The highest BCUT2D eigenvalue weighted by molar-refractivity contribution is 7.99. The van der Waals surface area contributed by atoms with Crippen molar-refractivity contribution in [3.8, 4) is 0 Å². The predicted molar refractivity (Wildman–Crippen MR) is 97.8 cm³/mol. The zero-order valence-corrected chi connectivity index (χ0v) is 15.1. The number of carbonyl (C=O) groups is 3. The van der Waals surface area contributed by atoms with Gasteiger partial charge in [0.25, 0.3) is 5.91 Å². The molecule has 25 heavy (non-hydrogen) atoms. The number of carbonyl (C=O) groups excluding carboxylic acids is 3. The van der Waals surface area contributed by atoms with E-state index in [-0.39, 0.29) is 17.9 Å². The second-order valence-corrected chi connectivity index (χ2v) is 7.44. The first-order valence-electron chi connectivity index (χ1n) is 8.47. The summed E-state index contributed by atoms with van der Waals surface area (Å²) in [5.74, 6) is 0.933. The van der Waals surface area contributed by atoms with Crippen LogP contribution >= 0.6 is 11.8 Å². The largest absolute Gasteiger partial charge is 0.338 e. The number of likely N-dealkylation sites (N-methyl/N-ethyl adjacent to an activating group) is 1. The Hall–Kier alpha value is -2.08. The number of aldehydes is 1. The fraction of sp³-hybridized carbons (Fsp3) is 0.421. The molecule has 1 saturated heterocycles. The van der Waals surface area contributed by atoms with E-state index >= 15 is 0 Å². The Kier molecular flexibility index (Phi) is 5.58. The van der Waals surface area contributed by atoms with E-state index in [4.69, 9.17) is 0 Å². The summed E-state index contributed by atoms with van der Waals surface area (Å²) in [6, 6.07) is 9.43. The van der Waals surface area contributed by atoms with E-state index in [1.165, 1.54) is 0 Å². The van der Waals surface area contributed by atoms with Crippen LogP contribution < -0.4 is 0 Å². The minimum atomic E-state index is -0.371. The van der Waals surface area contributed by atoms with Gasteiger partial charge in [0.05, 0.1) is 11.9 Å². The summed E-state index contributed by atoms with van der Waals surface area (Å²) in [6.45, 7) is 0.515. The van der Waals surface area contributed by atoms with Crippen molar-refractivity contribution in [1.29, 1.82) is 0 Å². The van der Waals surface area contributed by atoms with E-state index in [2.05, 4.69) is 0 Å². The molecule has 3 rings (SSSR count). The smallest absolute Gasteiger partial charge is 0.251 e. The SMILES string of the molecule is CN(Cc1ccccc1)C(=O)C1=C(C(=O)N2CSC[C@H]2C=O)CCC1. The minimum Gasteiger partial charge on any atom is -0.338 e. The van der Waals surface area contributed by atoms with Gasteiger partial charge in [-0.05, 0) is 24.8 Å². The summed E-state index contributed by atoms with van der Waals surface area (Å²) < 4.78 is 0. The van der Waals surface area contributed by atoms with Gasteiger partial charge in [-0.1, -0.05) is 30.3 Å². The van der Waals surface area contributed by atoms with Gasteiger partial charge in [-0.3, -0.25) is 9.59 Å². The third-order valence-corrected chi connectivity index (χ3v) is 5.72. The standard InChI is InChI=1S/C19H22N2O3S/c1-20(10-14-6-3-2-4-7-14)18(23)16-8-5-9-17(16)19(24)21-13-25-12-15(21)11-22/h2-4,6-7,11,15H,5,8-10,12-13H2,1H3/t15-/m1/s1. The lowest BCUT2D eigenvalue weighted by Gasteiger charge is -2.22. The lowest BCUT2D eigenvalue weighted by atomic mass is 10.1. The van der Waals surface area contributed by atoms with Crippen molar-refractivity contribution in [1.82, 2.24) is 9.80 Å². The van der Waals surface area contributed by atoms with E-state index in [1.807, 2.05) is 30.3 Å². The van der Waals surface area contributed by atoms with E-state index in [0.717, 1.165) is 18.3 Å². The molecule has 0 saturated carbocycles. The van der Waals surface area contributed by atoms with Crippen LogP contribution in [-0.2, 0) is 20.9 Å². The Morgan fingerprint density at radius 2 is 1.96 bits per heavy atom. The zero-order valence-electron chi connectivity index (χ0n) is 14.3. The van der Waals surface area contributed by atoms with Crippen molar-refractivity contribution in [3.05, 3.63) is 47.0 Å². The van der Waals surface area contributed by atoms with Crippen molar-refractivity contribution in [2.75, 3.05) is 18.7 Å². The van der Waals surface area contributed by atoms with Gasteiger partial charge >= 0.3 is 0 Å². The molecule has 1 aromatic carbocycles. The van der Waals surface area contributed by atoms with Crippen molar-refractivity contribution in [2.24, 2.45) is 0 Å². The summed E-state index contributed by atoms with van der Waals surface area (Å²) >= 11 is 1.58. The van der Waals surface area contributed by atoms with Crippen LogP contribution in [0.2, 0.25) is 0 Å². The summed E-state index contributed by atoms with van der Waals surface area (Å²) in [4.78, 5) is 40.1. The average molecular weight is 358 g/mol. The summed E-state index contributed by atoms with van der Waals surface area (Å²) in [7, 11) is 1.77. The Labute approximate surface area is 152 Å². The van der Waals surface area contributed by atoms with E-state index in [0.29, 0.717) is 42.2 Å². The first kappa shape index (κ1) is 17.7. The molecule has 2 aliphatic rings. The number of hydrogen-bond donors (Lipinski definition) is 0. The van der Waals surface area contributed by atoms with Crippen LogP contribution in [-0.4, -0.2) is 52.6 Å². The molecular formula is C19H22N2O3S. The number of benzene rings is 1. The molecule has 1 aliphatic heterocycles. The topological polar surface area (TPSA) is 57.7 Å². The van der Waals surface area contributed by atoms with E-state index in [1.54, 1.807) is 28.6 Å². The maximum atomic E-state index is 12.9. The first-order valence-corrected chi connectivity index (χ1v) is 9.62. The lowest BCUT2D eigenvalue weighted by Crippen LogP contribution is -2.39. The number of thioether (sulfide) groups is 1. The molecular weight excluding hydrogens is 336 g/mol. The van der Waals surface area contributed by atoms with Gasteiger partial charge in [0.1, 0.15) is 6.29 Å². The van der Waals surface area contributed by atoms with Gasteiger partial charge in [0, 0.05) is 30.5 Å². The Bertz CT molecular complexity index is 702. The van der Waals surface area contributed by atoms with Crippen LogP contribution in [0.25, 0.3) is 0 Å². The maximum Gasteiger partial charge on any atom is 0.251 e. The molecule has 1 heterocycles. The maximum absolute atomic E-state index is 12.9. The molecule has 6 heteroatoms. The monoisotopic (exact) mass is 358 g/mol. The van der Waals surface area contributed by atoms with Crippen molar-refractivity contribution < 1.29 is 14.4 Å². The van der Waals surface area contributed by atoms with Gasteiger partial charge < -0.3 is 14.6 Å². The highest BCUT2D eigenvalue weighted by Gasteiger charge is 2.35. The third-order valence-electron chi connectivity index (χ3n) is 4.68. The highest BCUT2D eigenvalue weighted by Crippen LogP contribution is 2.31. The van der Waals surface area contributed by atoms with E-state index in [9.17, 15) is 14.4 Å². The van der Waals surface area contributed by atoms with Crippen LogP contribution in [0, 0.1) is 0 Å². The number of rotatable bonds is 5. The van der Waals surface area contributed by atoms with Gasteiger partial charge in [0.2, 0.25) is 5.91 Å². The molecule has 0 unspecified atom stereocenters. The fourth-order valence-corrected chi connectivity index (χ4v) is 4.44. The van der Waals surface area contributed by atoms with Crippen LogP contribution in [0.3, 0.4) is 0 Å². The molecule has 5 nitrogen and oxygen atoms in total. The number of hydrogen-bond acceptors (Lipinski definition) is 4. The molecule has 0 N–H and O–H groups in total. The highest BCUT2D eigenvalue weighted by atomic mass is 32.2. The predicted octanol–water partition coefficient (Wildman–Crippen LogP) is 2.23. The van der Waals surface area contributed by atoms with Crippen LogP contribution in [0.5, 0.6) is 0 Å². The quantitative estimate of drug-likeness (QED) is 0.758. The van der Waals surface area contributed by atoms with Gasteiger partial charge in [-0.25, -0.2) is 0 Å². The molecule has 0 bridgehead atoms.